The van der Waals surface area contributed by atoms with E-state index in [1.165, 1.54) is 4.90 Å². The van der Waals surface area contributed by atoms with Crippen LogP contribution in [0.3, 0.4) is 0 Å². The fraction of sp³-hybridized carbons (Fsp3) is 0.636. The van der Waals surface area contributed by atoms with Crippen molar-refractivity contribution in [2.75, 3.05) is 13.1 Å². The van der Waals surface area contributed by atoms with Crippen molar-refractivity contribution in [3.05, 3.63) is 35.9 Å². The Labute approximate surface area is 172 Å². The normalized spacial score (nSPS) is 16.8. The highest BCUT2D eigenvalue weighted by molar-refractivity contribution is 5.69. The van der Waals surface area contributed by atoms with E-state index in [2.05, 4.69) is 5.32 Å². The summed E-state index contributed by atoms with van der Waals surface area (Å²) in [6.07, 6.45) is -0.443. The number of likely N-dealkylation sites (tertiary alicyclic amines) is 1. The minimum atomic E-state index is -1.46. The van der Waals surface area contributed by atoms with E-state index in [4.69, 9.17) is 9.47 Å². The molecule has 162 valence electrons. The third-order valence-electron chi connectivity index (χ3n) is 4.72. The molecule has 1 aliphatic rings. The molecule has 0 aliphatic carbocycles. The molecule has 0 saturated carbocycles. The standard InChI is InChI=1S/C22H33FN2O4/c1-20(2,3)29-18(26)24-21(4,5)16-22(23)11-13-25(14-12-22)19(27)28-15-17-9-7-6-8-10-17/h6-10H,11-16H2,1-5H3,(H,24,26). The molecule has 1 saturated heterocycles. The first kappa shape index (κ1) is 23.0. The van der Waals surface area contributed by atoms with E-state index in [9.17, 15) is 9.59 Å². The Hall–Kier alpha value is -2.31. The largest absolute Gasteiger partial charge is 0.445 e. The van der Waals surface area contributed by atoms with Crippen LogP contribution in [0, 0.1) is 0 Å². The van der Waals surface area contributed by atoms with Crippen molar-refractivity contribution in [1.29, 1.82) is 0 Å². The van der Waals surface area contributed by atoms with E-state index in [0.717, 1.165) is 5.56 Å². The van der Waals surface area contributed by atoms with Crippen LogP contribution in [0.15, 0.2) is 30.3 Å². The average molecular weight is 409 g/mol. The molecule has 0 unspecified atom stereocenters. The third kappa shape index (κ3) is 7.91. The molecular formula is C22H33FN2O4. The minimum absolute atomic E-state index is 0.145. The summed E-state index contributed by atoms with van der Waals surface area (Å²) < 4.78 is 26.0. The van der Waals surface area contributed by atoms with Crippen molar-refractivity contribution < 1.29 is 23.5 Å². The fourth-order valence-corrected chi connectivity index (χ4v) is 3.49. The van der Waals surface area contributed by atoms with Crippen molar-refractivity contribution in [3.63, 3.8) is 0 Å². The van der Waals surface area contributed by atoms with Gasteiger partial charge in [0.2, 0.25) is 0 Å². The monoisotopic (exact) mass is 408 g/mol. The number of ether oxygens (including phenoxy) is 2. The van der Waals surface area contributed by atoms with E-state index >= 15 is 4.39 Å². The van der Waals surface area contributed by atoms with Crippen molar-refractivity contribution >= 4 is 12.2 Å². The van der Waals surface area contributed by atoms with E-state index in [0.29, 0.717) is 0 Å². The van der Waals surface area contributed by atoms with Crippen molar-refractivity contribution in [2.24, 2.45) is 0 Å². The predicted molar refractivity (Wildman–Crippen MR) is 109 cm³/mol. The number of benzene rings is 1. The molecule has 1 fully saturated rings. The maximum Gasteiger partial charge on any atom is 0.410 e. The molecule has 29 heavy (non-hydrogen) atoms. The quantitative estimate of drug-likeness (QED) is 0.758. The lowest BCUT2D eigenvalue weighted by atomic mass is 9.82. The first-order valence-electron chi connectivity index (χ1n) is 10.0. The molecule has 1 aromatic carbocycles. The number of alkyl carbamates (subject to hydrolysis) is 1. The van der Waals surface area contributed by atoms with Gasteiger partial charge in [0.15, 0.2) is 0 Å². The van der Waals surface area contributed by atoms with Gasteiger partial charge in [-0.3, -0.25) is 0 Å². The molecule has 0 radical (unpaired) electrons. The lowest BCUT2D eigenvalue weighted by molar-refractivity contribution is 0.0165. The molecule has 0 bridgehead atoms. The number of piperidine rings is 1. The zero-order valence-corrected chi connectivity index (χ0v) is 18.1. The highest BCUT2D eigenvalue weighted by Crippen LogP contribution is 2.34. The second kappa shape index (κ2) is 9.01. The summed E-state index contributed by atoms with van der Waals surface area (Å²) in [6.45, 7) is 9.66. The van der Waals surface area contributed by atoms with Gasteiger partial charge in [-0.15, -0.1) is 0 Å². The summed E-state index contributed by atoms with van der Waals surface area (Å²) in [5.74, 6) is 0. The van der Waals surface area contributed by atoms with Crippen LogP contribution in [0.1, 0.15) is 59.4 Å². The number of amides is 2. The van der Waals surface area contributed by atoms with E-state index in [1.807, 2.05) is 30.3 Å². The van der Waals surface area contributed by atoms with E-state index in [-0.39, 0.29) is 39.0 Å². The maximum absolute atomic E-state index is 15.4. The molecule has 6 nitrogen and oxygen atoms in total. The van der Waals surface area contributed by atoms with E-state index in [1.54, 1.807) is 34.6 Å². The molecule has 0 spiro atoms. The lowest BCUT2D eigenvalue weighted by Crippen LogP contribution is -2.52. The van der Waals surface area contributed by atoms with Gasteiger partial charge in [-0.25, -0.2) is 14.0 Å². The summed E-state index contributed by atoms with van der Waals surface area (Å²) in [7, 11) is 0. The van der Waals surface area contributed by atoms with Gasteiger partial charge in [0.25, 0.3) is 0 Å². The van der Waals surface area contributed by atoms with Crippen LogP contribution < -0.4 is 5.32 Å². The van der Waals surface area contributed by atoms with Crippen LogP contribution in [0.4, 0.5) is 14.0 Å². The zero-order valence-electron chi connectivity index (χ0n) is 18.1. The SMILES string of the molecule is CC(C)(CC1(F)CCN(C(=O)OCc2ccccc2)CC1)NC(=O)OC(C)(C)C. The number of halogens is 1. The first-order valence-corrected chi connectivity index (χ1v) is 10.0. The molecule has 2 rings (SSSR count). The number of carbonyl (C=O) groups is 2. The Bertz CT molecular complexity index is 693. The molecule has 2 amide bonds. The van der Waals surface area contributed by atoms with Gasteiger partial charge >= 0.3 is 12.2 Å². The van der Waals surface area contributed by atoms with Crippen LogP contribution in [0.5, 0.6) is 0 Å². The van der Waals surface area contributed by atoms with Crippen LogP contribution >= 0.6 is 0 Å². The minimum Gasteiger partial charge on any atom is -0.445 e. The van der Waals surface area contributed by atoms with Crippen LogP contribution in [0.25, 0.3) is 0 Å². The lowest BCUT2D eigenvalue weighted by Gasteiger charge is -2.40. The maximum atomic E-state index is 15.4. The third-order valence-corrected chi connectivity index (χ3v) is 4.72. The topological polar surface area (TPSA) is 67.9 Å². The Kier molecular flexibility index (Phi) is 7.14. The highest BCUT2D eigenvalue weighted by Gasteiger charge is 2.41. The molecule has 0 atom stereocenters. The predicted octanol–water partition coefficient (Wildman–Crippen LogP) is 4.82. The fourth-order valence-electron chi connectivity index (χ4n) is 3.49. The van der Waals surface area contributed by atoms with Crippen LogP contribution in [-0.4, -0.2) is 47.0 Å². The number of carbonyl (C=O) groups excluding carboxylic acids is 2. The smallest absolute Gasteiger partial charge is 0.410 e. The molecule has 1 aromatic rings. The first-order chi connectivity index (χ1) is 13.4. The second-order valence-corrected chi connectivity index (χ2v) is 9.37. The number of alkyl halides is 1. The van der Waals surface area contributed by atoms with Gasteiger partial charge < -0.3 is 19.7 Å². The van der Waals surface area contributed by atoms with Gasteiger partial charge in [0.05, 0.1) is 0 Å². The summed E-state index contributed by atoms with van der Waals surface area (Å²) >= 11 is 0. The Morgan fingerprint density at radius 2 is 1.69 bits per heavy atom. The Morgan fingerprint density at radius 1 is 1.10 bits per heavy atom. The van der Waals surface area contributed by atoms with Crippen LogP contribution in [0.2, 0.25) is 0 Å². The van der Waals surface area contributed by atoms with Crippen molar-refractivity contribution in [1.82, 2.24) is 10.2 Å². The van der Waals surface area contributed by atoms with Gasteiger partial charge in [-0.1, -0.05) is 30.3 Å². The van der Waals surface area contributed by atoms with Gasteiger partial charge in [0.1, 0.15) is 17.9 Å². The van der Waals surface area contributed by atoms with Crippen molar-refractivity contribution in [2.45, 2.75) is 77.3 Å². The Balaban J connectivity index is 1.81. The van der Waals surface area contributed by atoms with Gasteiger partial charge in [0, 0.05) is 25.0 Å². The van der Waals surface area contributed by atoms with E-state index < -0.39 is 29.0 Å². The van der Waals surface area contributed by atoms with Crippen LogP contribution in [-0.2, 0) is 16.1 Å². The number of rotatable bonds is 5. The highest BCUT2D eigenvalue weighted by atomic mass is 19.1. The zero-order chi connectivity index (χ0) is 21.7. The molecule has 0 aromatic heterocycles. The van der Waals surface area contributed by atoms with Gasteiger partial charge in [-0.2, -0.15) is 0 Å². The average Bonchev–Trinajstić information content (AvgIpc) is 2.58. The molecule has 7 heteroatoms. The molecular weight excluding hydrogens is 375 g/mol. The molecule has 1 N–H and O–H groups in total. The molecule has 1 heterocycles. The number of nitrogens with one attached hydrogen (secondary N) is 1. The summed E-state index contributed by atoms with van der Waals surface area (Å²) in [5, 5.41) is 2.75. The number of hydrogen-bond donors (Lipinski definition) is 1. The number of nitrogens with zero attached hydrogens (tertiary/aromatic N) is 1. The second-order valence-electron chi connectivity index (χ2n) is 9.37. The summed E-state index contributed by atoms with van der Waals surface area (Å²) in [4.78, 5) is 25.8. The molecule has 1 aliphatic heterocycles. The van der Waals surface area contributed by atoms with Gasteiger partial charge in [-0.05, 0) is 53.0 Å². The summed E-state index contributed by atoms with van der Waals surface area (Å²) in [5.41, 5.74) is -1.94. The number of hydrogen-bond acceptors (Lipinski definition) is 4. The van der Waals surface area contributed by atoms with Crippen molar-refractivity contribution in [3.8, 4) is 0 Å². The Morgan fingerprint density at radius 3 is 2.24 bits per heavy atom. The summed E-state index contributed by atoms with van der Waals surface area (Å²) in [6, 6.07) is 9.44.